The first-order valence-corrected chi connectivity index (χ1v) is 8.62. The number of anilines is 1. The molecule has 2 atom stereocenters. The van der Waals surface area contributed by atoms with Gasteiger partial charge in [-0.1, -0.05) is 0 Å². The molecule has 1 aromatic rings. The maximum Gasteiger partial charge on any atom is 0.351 e. The van der Waals surface area contributed by atoms with Gasteiger partial charge in [0.05, 0.1) is 6.61 Å². The van der Waals surface area contributed by atoms with Crippen LogP contribution in [-0.2, 0) is 9.47 Å². The predicted octanol–water partition coefficient (Wildman–Crippen LogP) is 2.10. The molecule has 2 rings (SSSR count). The van der Waals surface area contributed by atoms with Crippen molar-refractivity contribution in [2.24, 2.45) is 0 Å². The van der Waals surface area contributed by atoms with Gasteiger partial charge in [0.25, 0.3) is 0 Å². The van der Waals surface area contributed by atoms with Crippen LogP contribution < -0.4 is 10.6 Å². The fourth-order valence-corrected chi connectivity index (χ4v) is 3.76. The number of aromatic nitrogens is 2. The van der Waals surface area contributed by atoms with E-state index < -0.39 is 0 Å². The summed E-state index contributed by atoms with van der Waals surface area (Å²) in [5, 5.41) is 0. The number of rotatable bonds is 6. The minimum absolute atomic E-state index is 0.0237. The summed E-state index contributed by atoms with van der Waals surface area (Å²) in [4.78, 5) is 18.7. The van der Waals surface area contributed by atoms with Crippen molar-refractivity contribution in [2.75, 3.05) is 24.4 Å². The van der Waals surface area contributed by atoms with E-state index in [2.05, 4.69) is 37.6 Å². The number of methoxy groups -OCH3 is 1. The Balaban J connectivity index is 2.18. The van der Waals surface area contributed by atoms with Crippen molar-refractivity contribution < 1.29 is 9.47 Å². The summed E-state index contributed by atoms with van der Waals surface area (Å²) in [7, 11) is 1.65. The van der Waals surface area contributed by atoms with Gasteiger partial charge in [0.1, 0.15) is 17.5 Å². The zero-order chi connectivity index (χ0) is 16.3. The van der Waals surface area contributed by atoms with Crippen molar-refractivity contribution in [2.45, 2.75) is 51.4 Å². The number of nitrogens with zero attached hydrogens (tertiary/aromatic N) is 3. The number of hydrogen-bond donors (Lipinski definition) is 0. The van der Waals surface area contributed by atoms with E-state index in [1.807, 2.05) is 6.07 Å². The second-order valence-corrected chi connectivity index (χ2v) is 7.07. The molecule has 0 spiro atoms. The molecule has 1 aromatic heterocycles. The normalized spacial score (nSPS) is 21.8. The lowest BCUT2D eigenvalue weighted by Crippen LogP contribution is -2.39. The zero-order valence-electron chi connectivity index (χ0n) is 13.9. The molecule has 2 unspecified atom stereocenters. The van der Waals surface area contributed by atoms with E-state index in [1.165, 1.54) is 0 Å². The van der Waals surface area contributed by atoms with Gasteiger partial charge in [-0.2, -0.15) is 4.98 Å². The van der Waals surface area contributed by atoms with Gasteiger partial charge in [-0.3, -0.25) is 4.57 Å². The maximum absolute atomic E-state index is 12.3. The topological polar surface area (TPSA) is 56.6 Å². The summed E-state index contributed by atoms with van der Waals surface area (Å²) >= 11 is 1.65. The lowest BCUT2D eigenvalue weighted by Gasteiger charge is -2.31. The van der Waals surface area contributed by atoms with E-state index in [4.69, 9.17) is 9.47 Å². The third-order valence-electron chi connectivity index (χ3n) is 3.54. The molecule has 0 radical (unpaired) electrons. The maximum atomic E-state index is 12.3. The van der Waals surface area contributed by atoms with Gasteiger partial charge in [-0.15, -0.1) is 11.8 Å². The van der Waals surface area contributed by atoms with Crippen LogP contribution in [0.3, 0.4) is 0 Å². The monoisotopic (exact) mass is 327 g/mol. The van der Waals surface area contributed by atoms with Gasteiger partial charge in [-0.25, -0.2) is 4.79 Å². The Labute approximate surface area is 135 Å². The van der Waals surface area contributed by atoms with Crippen molar-refractivity contribution in [3.8, 4) is 0 Å². The smallest absolute Gasteiger partial charge is 0.351 e. The van der Waals surface area contributed by atoms with Crippen molar-refractivity contribution in [1.29, 1.82) is 0 Å². The molecule has 1 saturated heterocycles. The van der Waals surface area contributed by atoms with E-state index in [9.17, 15) is 4.79 Å². The third kappa shape index (κ3) is 3.83. The van der Waals surface area contributed by atoms with Crippen molar-refractivity contribution in [3.05, 3.63) is 22.7 Å². The van der Waals surface area contributed by atoms with Crippen molar-refractivity contribution in [1.82, 2.24) is 9.55 Å². The molecule has 0 amide bonds. The molecule has 0 N–H and O–H groups in total. The SMILES string of the molecule is COCC1OC(n2ccc(N(C(C)C)C(C)C)nc2=O)CS1. The molecule has 2 heterocycles. The summed E-state index contributed by atoms with van der Waals surface area (Å²) in [6, 6.07) is 2.46. The molecule has 1 aliphatic rings. The zero-order valence-corrected chi connectivity index (χ0v) is 14.7. The van der Waals surface area contributed by atoms with E-state index in [-0.39, 0.29) is 29.4 Å². The molecule has 1 fully saturated rings. The first-order valence-electron chi connectivity index (χ1n) is 7.57. The lowest BCUT2D eigenvalue weighted by molar-refractivity contribution is -0.0152. The second kappa shape index (κ2) is 7.48. The Hall–Kier alpha value is -1.05. The number of hydrogen-bond acceptors (Lipinski definition) is 6. The van der Waals surface area contributed by atoms with Gasteiger partial charge in [-0.05, 0) is 33.8 Å². The Bertz CT molecular complexity index is 539. The van der Waals surface area contributed by atoms with E-state index >= 15 is 0 Å². The Kier molecular flexibility index (Phi) is 5.88. The molecule has 124 valence electrons. The lowest BCUT2D eigenvalue weighted by atomic mass is 10.2. The largest absolute Gasteiger partial charge is 0.381 e. The van der Waals surface area contributed by atoms with Crippen LogP contribution >= 0.6 is 11.8 Å². The highest BCUT2D eigenvalue weighted by Crippen LogP contribution is 2.31. The highest BCUT2D eigenvalue weighted by Gasteiger charge is 2.28. The molecule has 7 heteroatoms. The fourth-order valence-electron chi connectivity index (χ4n) is 2.70. The summed E-state index contributed by atoms with van der Waals surface area (Å²) in [6.07, 6.45) is 1.51. The highest BCUT2D eigenvalue weighted by molar-refractivity contribution is 8.00. The van der Waals surface area contributed by atoms with Crippen LogP contribution in [0.1, 0.15) is 33.9 Å². The fraction of sp³-hybridized carbons (Fsp3) is 0.733. The molecule has 0 aliphatic carbocycles. The summed E-state index contributed by atoms with van der Waals surface area (Å²) < 4.78 is 12.5. The van der Waals surface area contributed by atoms with Crippen LogP contribution in [0.5, 0.6) is 0 Å². The molecule has 0 bridgehead atoms. The standard InChI is InChI=1S/C15H25N3O3S/c1-10(2)18(11(3)4)12-6-7-17(15(19)16-12)13-9-22-14(21-13)8-20-5/h6-7,10-11,13-14H,8-9H2,1-5H3. The van der Waals surface area contributed by atoms with Gasteiger partial charge >= 0.3 is 5.69 Å². The molecule has 6 nitrogen and oxygen atoms in total. The first kappa shape index (κ1) is 17.3. The molecule has 22 heavy (non-hydrogen) atoms. The van der Waals surface area contributed by atoms with Crippen LogP contribution in [0, 0.1) is 0 Å². The molecular weight excluding hydrogens is 302 g/mol. The predicted molar refractivity (Wildman–Crippen MR) is 89.5 cm³/mol. The number of ether oxygens (including phenoxy) is 2. The molecule has 0 saturated carbocycles. The van der Waals surface area contributed by atoms with Gasteiger partial charge in [0, 0.05) is 31.1 Å². The minimum Gasteiger partial charge on any atom is -0.381 e. The van der Waals surface area contributed by atoms with Crippen molar-refractivity contribution >= 4 is 17.6 Å². The molecule has 1 aliphatic heterocycles. The quantitative estimate of drug-likeness (QED) is 0.797. The van der Waals surface area contributed by atoms with Crippen molar-refractivity contribution in [3.63, 3.8) is 0 Å². The van der Waals surface area contributed by atoms with Crippen LogP contribution in [0.25, 0.3) is 0 Å². The summed E-state index contributed by atoms with van der Waals surface area (Å²) in [6.45, 7) is 8.91. The van der Waals surface area contributed by atoms with Crippen LogP contribution in [-0.4, -0.2) is 46.5 Å². The van der Waals surface area contributed by atoms with Crippen LogP contribution in [0.2, 0.25) is 0 Å². The van der Waals surface area contributed by atoms with E-state index in [1.54, 1.807) is 29.6 Å². The molecular formula is C15H25N3O3S. The van der Waals surface area contributed by atoms with Gasteiger partial charge < -0.3 is 14.4 Å². The number of thioether (sulfide) groups is 1. The summed E-state index contributed by atoms with van der Waals surface area (Å²) in [5.74, 6) is 1.44. The van der Waals surface area contributed by atoms with Crippen LogP contribution in [0.4, 0.5) is 5.82 Å². The second-order valence-electron chi connectivity index (χ2n) is 5.88. The average Bonchev–Trinajstić information content (AvgIpc) is 2.87. The molecule has 0 aromatic carbocycles. The highest BCUT2D eigenvalue weighted by atomic mass is 32.2. The average molecular weight is 327 g/mol. The van der Waals surface area contributed by atoms with Crippen LogP contribution in [0.15, 0.2) is 17.1 Å². The Morgan fingerprint density at radius 3 is 2.68 bits per heavy atom. The first-order chi connectivity index (χ1) is 10.4. The van der Waals surface area contributed by atoms with Gasteiger partial charge in [0.15, 0.2) is 0 Å². The summed E-state index contributed by atoms with van der Waals surface area (Å²) in [5.41, 5.74) is -0.295. The Morgan fingerprint density at radius 2 is 2.14 bits per heavy atom. The third-order valence-corrected chi connectivity index (χ3v) is 4.64. The van der Waals surface area contributed by atoms with Gasteiger partial charge in [0.2, 0.25) is 0 Å². The van der Waals surface area contributed by atoms with E-state index in [0.29, 0.717) is 12.4 Å². The Morgan fingerprint density at radius 1 is 1.45 bits per heavy atom. The minimum atomic E-state index is -0.272. The van der Waals surface area contributed by atoms with E-state index in [0.717, 1.165) is 5.75 Å².